The predicted octanol–water partition coefficient (Wildman–Crippen LogP) is 4.36. The normalized spacial score (nSPS) is 11.0. The van der Waals surface area contributed by atoms with Gasteiger partial charge in [-0.15, -0.1) is 11.3 Å². The number of carbonyl (C=O) groups excluding carboxylic acids is 1. The van der Waals surface area contributed by atoms with Crippen LogP contribution in [0.5, 0.6) is 5.75 Å². The number of ether oxygens (including phenoxy) is 2. The summed E-state index contributed by atoms with van der Waals surface area (Å²) in [6.45, 7) is 10.3. The van der Waals surface area contributed by atoms with E-state index in [0.717, 1.165) is 22.9 Å². The van der Waals surface area contributed by atoms with Crippen LogP contribution in [-0.2, 0) is 22.7 Å². The van der Waals surface area contributed by atoms with E-state index in [1.54, 1.807) is 18.4 Å². The van der Waals surface area contributed by atoms with Gasteiger partial charge in [0.15, 0.2) is 0 Å². The molecule has 5 nitrogen and oxygen atoms in total. The standard InChI is InChI=1S/C21H30N2O3S/c1-15(2)21(24)23(9-6-10-25-5)12-18-14-27-20(22-18)13-26-19-8-7-16(3)17(4)11-19/h7-8,11,14-15H,6,9-10,12-13H2,1-5H3. The van der Waals surface area contributed by atoms with Gasteiger partial charge in [0, 0.05) is 31.6 Å². The van der Waals surface area contributed by atoms with E-state index < -0.39 is 0 Å². The molecule has 27 heavy (non-hydrogen) atoms. The maximum atomic E-state index is 12.5. The third-order valence-electron chi connectivity index (χ3n) is 4.37. The van der Waals surface area contributed by atoms with E-state index in [9.17, 15) is 4.79 Å². The van der Waals surface area contributed by atoms with Crippen molar-refractivity contribution in [2.45, 2.75) is 47.3 Å². The lowest BCUT2D eigenvalue weighted by atomic mass is 10.1. The van der Waals surface area contributed by atoms with Crippen LogP contribution in [0.3, 0.4) is 0 Å². The van der Waals surface area contributed by atoms with Gasteiger partial charge in [-0.2, -0.15) is 0 Å². The molecule has 0 N–H and O–H groups in total. The Labute approximate surface area is 166 Å². The topological polar surface area (TPSA) is 51.7 Å². The highest BCUT2D eigenvalue weighted by Gasteiger charge is 2.18. The molecule has 0 atom stereocenters. The SMILES string of the molecule is COCCCN(Cc1csc(COc2ccc(C)c(C)c2)n1)C(=O)C(C)C. The number of methoxy groups -OCH3 is 1. The van der Waals surface area contributed by atoms with Crippen LogP contribution in [0.1, 0.15) is 42.1 Å². The van der Waals surface area contributed by atoms with Crippen LogP contribution in [0, 0.1) is 19.8 Å². The van der Waals surface area contributed by atoms with E-state index >= 15 is 0 Å². The Morgan fingerprint density at radius 3 is 2.70 bits per heavy atom. The maximum Gasteiger partial charge on any atom is 0.225 e. The third-order valence-corrected chi connectivity index (χ3v) is 5.25. The van der Waals surface area contributed by atoms with Gasteiger partial charge < -0.3 is 14.4 Å². The third kappa shape index (κ3) is 6.63. The summed E-state index contributed by atoms with van der Waals surface area (Å²) in [5.41, 5.74) is 3.37. The number of benzene rings is 1. The van der Waals surface area contributed by atoms with Gasteiger partial charge in [-0.05, 0) is 43.5 Å². The number of carbonyl (C=O) groups is 1. The highest BCUT2D eigenvalue weighted by Crippen LogP contribution is 2.20. The Bertz CT molecular complexity index is 743. The van der Waals surface area contributed by atoms with Crippen LogP contribution >= 0.6 is 11.3 Å². The first-order valence-corrected chi connectivity index (χ1v) is 10.2. The predicted molar refractivity (Wildman–Crippen MR) is 109 cm³/mol. The van der Waals surface area contributed by atoms with E-state index in [2.05, 4.69) is 24.9 Å². The summed E-state index contributed by atoms with van der Waals surface area (Å²) in [5.74, 6) is 0.969. The van der Waals surface area contributed by atoms with E-state index in [1.807, 2.05) is 36.3 Å². The molecule has 0 saturated heterocycles. The molecule has 1 aromatic heterocycles. The molecule has 148 valence electrons. The van der Waals surface area contributed by atoms with Crippen molar-refractivity contribution < 1.29 is 14.3 Å². The van der Waals surface area contributed by atoms with Crippen LogP contribution in [0.25, 0.3) is 0 Å². The van der Waals surface area contributed by atoms with Crippen molar-refractivity contribution in [3.8, 4) is 5.75 Å². The Kier molecular flexibility index (Phi) is 8.25. The fraction of sp³-hybridized carbons (Fsp3) is 0.524. The minimum absolute atomic E-state index is 0.0289. The minimum Gasteiger partial charge on any atom is -0.486 e. The summed E-state index contributed by atoms with van der Waals surface area (Å²) < 4.78 is 11.0. The molecule has 0 bridgehead atoms. The molecule has 0 saturated carbocycles. The largest absolute Gasteiger partial charge is 0.486 e. The fourth-order valence-electron chi connectivity index (χ4n) is 2.66. The zero-order chi connectivity index (χ0) is 19.8. The van der Waals surface area contributed by atoms with Crippen LogP contribution in [0.2, 0.25) is 0 Å². The molecule has 2 aromatic rings. The molecule has 0 fully saturated rings. The van der Waals surface area contributed by atoms with Gasteiger partial charge in [0.05, 0.1) is 12.2 Å². The quantitative estimate of drug-likeness (QED) is 0.566. The molecule has 6 heteroatoms. The van der Waals surface area contributed by atoms with Crippen LogP contribution in [-0.4, -0.2) is 36.1 Å². The maximum absolute atomic E-state index is 12.5. The van der Waals surface area contributed by atoms with E-state index in [0.29, 0.717) is 26.3 Å². The van der Waals surface area contributed by atoms with Gasteiger partial charge in [-0.3, -0.25) is 4.79 Å². The first-order valence-electron chi connectivity index (χ1n) is 9.31. The molecular weight excluding hydrogens is 360 g/mol. The number of amides is 1. The Hall–Kier alpha value is -1.92. The van der Waals surface area contributed by atoms with Crippen molar-refractivity contribution in [1.82, 2.24) is 9.88 Å². The average molecular weight is 391 g/mol. The lowest BCUT2D eigenvalue weighted by Gasteiger charge is -2.23. The van der Waals surface area contributed by atoms with Gasteiger partial charge in [0.1, 0.15) is 17.4 Å². The monoisotopic (exact) mass is 390 g/mol. The highest BCUT2D eigenvalue weighted by molar-refractivity contribution is 7.09. The van der Waals surface area contributed by atoms with Gasteiger partial charge in [0.25, 0.3) is 0 Å². The molecule has 1 heterocycles. The zero-order valence-electron chi connectivity index (χ0n) is 16.9. The Morgan fingerprint density at radius 2 is 2.04 bits per heavy atom. The van der Waals surface area contributed by atoms with Crippen molar-refractivity contribution >= 4 is 17.2 Å². The molecule has 0 spiro atoms. The number of nitrogens with zero attached hydrogens (tertiary/aromatic N) is 2. The molecule has 0 aliphatic heterocycles. The number of thiazole rings is 1. The second-order valence-corrected chi connectivity index (χ2v) is 7.97. The lowest BCUT2D eigenvalue weighted by Crippen LogP contribution is -2.35. The smallest absolute Gasteiger partial charge is 0.225 e. The highest BCUT2D eigenvalue weighted by atomic mass is 32.1. The summed E-state index contributed by atoms with van der Waals surface area (Å²) in [7, 11) is 1.68. The zero-order valence-corrected chi connectivity index (χ0v) is 17.8. The Morgan fingerprint density at radius 1 is 1.26 bits per heavy atom. The number of hydrogen-bond acceptors (Lipinski definition) is 5. The summed E-state index contributed by atoms with van der Waals surface area (Å²) in [5, 5.41) is 2.92. The van der Waals surface area contributed by atoms with E-state index in [4.69, 9.17) is 9.47 Å². The first kappa shape index (κ1) is 21.4. The Balaban J connectivity index is 1.95. The molecule has 0 unspecified atom stereocenters. The molecule has 2 rings (SSSR count). The second-order valence-electron chi connectivity index (χ2n) is 7.03. The van der Waals surface area contributed by atoms with Gasteiger partial charge in [0.2, 0.25) is 5.91 Å². The van der Waals surface area contributed by atoms with Gasteiger partial charge in [-0.1, -0.05) is 19.9 Å². The second kappa shape index (κ2) is 10.4. The molecular formula is C21H30N2O3S. The summed E-state index contributed by atoms with van der Waals surface area (Å²) >= 11 is 1.57. The summed E-state index contributed by atoms with van der Waals surface area (Å²) in [6, 6.07) is 6.09. The molecule has 0 radical (unpaired) electrons. The summed E-state index contributed by atoms with van der Waals surface area (Å²) in [4.78, 5) is 19.0. The number of hydrogen-bond donors (Lipinski definition) is 0. The van der Waals surface area contributed by atoms with Crippen LogP contribution in [0.4, 0.5) is 0 Å². The van der Waals surface area contributed by atoms with Crippen molar-refractivity contribution in [2.24, 2.45) is 5.92 Å². The van der Waals surface area contributed by atoms with Crippen molar-refractivity contribution in [1.29, 1.82) is 0 Å². The summed E-state index contributed by atoms with van der Waals surface area (Å²) in [6.07, 6.45) is 0.821. The fourth-order valence-corrected chi connectivity index (χ4v) is 3.36. The van der Waals surface area contributed by atoms with Gasteiger partial charge in [-0.25, -0.2) is 4.98 Å². The van der Waals surface area contributed by atoms with Gasteiger partial charge >= 0.3 is 0 Å². The van der Waals surface area contributed by atoms with Crippen molar-refractivity contribution in [3.63, 3.8) is 0 Å². The molecule has 0 aliphatic carbocycles. The van der Waals surface area contributed by atoms with E-state index in [1.165, 1.54) is 11.1 Å². The van der Waals surface area contributed by atoms with Crippen LogP contribution < -0.4 is 4.74 Å². The average Bonchev–Trinajstić information content (AvgIpc) is 3.09. The number of aromatic nitrogens is 1. The lowest BCUT2D eigenvalue weighted by molar-refractivity contribution is -0.135. The van der Waals surface area contributed by atoms with Crippen molar-refractivity contribution in [3.05, 3.63) is 45.4 Å². The number of rotatable bonds is 10. The number of aryl methyl sites for hydroxylation is 2. The van der Waals surface area contributed by atoms with Crippen molar-refractivity contribution in [2.75, 3.05) is 20.3 Å². The van der Waals surface area contributed by atoms with Crippen LogP contribution in [0.15, 0.2) is 23.6 Å². The minimum atomic E-state index is -0.0289. The molecule has 1 amide bonds. The molecule has 1 aromatic carbocycles. The van der Waals surface area contributed by atoms with E-state index in [-0.39, 0.29) is 11.8 Å². The first-order chi connectivity index (χ1) is 12.9. The molecule has 0 aliphatic rings.